The van der Waals surface area contributed by atoms with Gasteiger partial charge in [0, 0.05) is 12.6 Å². The maximum Gasteiger partial charge on any atom is 0.146 e. The molecule has 18 heavy (non-hydrogen) atoms. The SMILES string of the molecule is C#CCN(CCC)c1c(F)cccc1C(C)NC. The van der Waals surface area contributed by atoms with Gasteiger partial charge in [0.2, 0.25) is 0 Å². The van der Waals surface area contributed by atoms with Gasteiger partial charge in [-0.15, -0.1) is 6.42 Å². The summed E-state index contributed by atoms with van der Waals surface area (Å²) in [7, 11) is 1.87. The molecule has 98 valence electrons. The Bertz CT molecular complexity index is 423. The van der Waals surface area contributed by atoms with Crippen LogP contribution in [0.3, 0.4) is 0 Å². The number of hydrogen-bond acceptors (Lipinski definition) is 2. The van der Waals surface area contributed by atoms with E-state index >= 15 is 0 Å². The van der Waals surface area contributed by atoms with Crippen LogP contribution in [0.25, 0.3) is 0 Å². The van der Waals surface area contributed by atoms with Crippen LogP contribution in [0.4, 0.5) is 10.1 Å². The van der Waals surface area contributed by atoms with Gasteiger partial charge < -0.3 is 10.2 Å². The van der Waals surface area contributed by atoms with Crippen molar-refractivity contribution in [3.8, 4) is 12.3 Å². The van der Waals surface area contributed by atoms with Crippen LogP contribution in [-0.2, 0) is 0 Å². The molecule has 0 bridgehead atoms. The molecule has 1 N–H and O–H groups in total. The van der Waals surface area contributed by atoms with Crippen LogP contribution in [0, 0.1) is 18.2 Å². The molecule has 0 aliphatic heterocycles. The van der Waals surface area contributed by atoms with Crippen molar-refractivity contribution >= 4 is 5.69 Å². The molecule has 1 aromatic rings. The van der Waals surface area contributed by atoms with Gasteiger partial charge in [-0.25, -0.2) is 4.39 Å². The first-order valence-corrected chi connectivity index (χ1v) is 6.29. The van der Waals surface area contributed by atoms with Crippen molar-refractivity contribution < 1.29 is 4.39 Å². The smallest absolute Gasteiger partial charge is 0.146 e. The van der Waals surface area contributed by atoms with Crippen LogP contribution in [0.1, 0.15) is 31.9 Å². The zero-order chi connectivity index (χ0) is 13.5. The second-order valence-electron chi connectivity index (χ2n) is 4.31. The highest BCUT2D eigenvalue weighted by Gasteiger charge is 2.17. The molecule has 1 atom stereocenters. The molecule has 0 fully saturated rings. The van der Waals surface area contributed by atoms with Gasteiger partial charge in [0.25, 0.3) is 0 Å². The Hall–Kier alpha value is -1.53. The molecule has 1 unspecified atom stereocenters. The van der Waals surface area contributed by atoms with E-state index in [1.807, 2.05) is 24.9 Å². The third-order valence-electron chi connectivity index (χ3n) is 3.01. The first kappa shape index (κ1) is 14.5. The molecule has 0 spiro atoms. The van der Waals surface area contributed by atoms with E-state index in [-0.39, 0.29) is 11.9 Å². The molecule has 1 aromatic carbocycles. The fourth-order valence-corrected chi connectivity index (χ4v) is 2.02. The normalized spacial score (nSPS) is 11.9. The third kappa shape index (κ3) is 3.24. The molecule has 3 heteroatoms. The van der Waals surface area contributed by atoms with Crippen molar-refractivity contribution in [3.63, 3.8) is 0 Å². The molecule has 0 aliphatic rings. The summed E-state index contributed by atoms with van der Waals surface area (Å²) >= 11 is 0. The van der Waals surface area contributed by atoms with Crippen molar-refractivity contribution in [1.82, 2.24) is 5.32 Å². The predicted molar refractivity (Wildman–Crippen MR) is 75.2 cm³/mol. The molecule has 0 saturated carbocycles. The highest BCUT2D eigenvalue weighted by atomic mass is 19.1. The quantitative estimate of drug-likeness (QED) is 0.779. The van der Waals surface area contributed by atoms with Crippen molar-refractivity contribution in [2.24, 2.45) is 0 Å². The molecule has 0 heterocycles. The van der Waals surface area contributed by atoms with Gasteiger partial charge in [-0.2, -0.15) is 0 Å². The number of nitrogens with one attached hydrogen (secondary N) is 1. The Morgan fingerprint density at radius 1 is 1.50 bits per heavy atom. The lowest BCUT2D eigenvalue weighted by Gasteiger charge is -2.27. The first-order valence-electron chi connectivity index (χ1n) is 6.29. The number of hydrogen-bond donors (Lipinski definition) is 1. The fraction of sp³-hybridized carbons (Fsp3) is 0.467. The molecule has 0 aliphatic carbocycles. The molecule has 0 radical (unpaired) electrons. The largest absolute Gasteiger partial charge is 0.358 e. The van der Waals surface area contributed by atoms with E-state index in [2.05, 4.69) is 18.2 Å². The summed E-state index contributed by atoms with van der Waals surface area (Å²) in [6.07, 6.45) is 6.31. The van der Waals surface area contributed by atoms with E-state index in [9.17, 15) is 4.39 Å². The van der Waals surface area contributed by atoms with Crippen LogP contribution in [-0.4, -0.2) is 20.1 Å². The second kappa shape index (κ2) is 7.03. The van der Waals surface area contributed by atoms with Crippen molar-refractivity contribution in [2.45, 2.75) is 26.3 Å². The summed E-state index contributed by atoms with van der Waals surface area (Å²) in [5.74, 6) is 2.39. The van der Waals surface area contributed by atoms with E-state index in [0.717, 1.165) is 18.5 Å². The number of benzene rings is 1. The minimum absolute atomic E-state index is 0.0906. The number of nitrogens with zero attached hydrogens (tertiary/aromatic N) is 1. The number of terminal acetylenes is 1. The van der Waals surface area contributed by atoms with Crippen LogP contribution in [0.5, 0.6) is 0 Å². The summed E-state index contributed by atoms with van der Waals surface area (Å²) < 4.78 is 14.1. The monoisotopic (exact) mass is 248 g/mol. The zero-order valence-electron chi connectivity index (χ0n) is 11.3. The number of rotatable bonds is 6. The van der Waals surface area contributed by atoms with Crippen molar-refractivity contribution in [2.75, 3.05) is 25.0 Å². The van der Waals surface area contributed by atoms with E-state index < -0.39 is 0 Å². The summed E-state index contributed by atoms with van der Waals surface area (Å²) in [5, 5.41) is 3.14. The lowest BCUT2D eigenvalue weighted by atomic mass is 10.0. The topological polar surface area (TPSA) is 15.3 Å². The number of halogens is 1. The molecule has 0 saturated heterocycles. The summed E-state index contributed by atoms with van der Waals surface area (Å²) in [6.45, 7) is 5.26. The number of para-hydroxylation sites is 1. The molecule has 0 aromatic heterocycles. The fourth-order valence-electron chi connectivity index (χ4n) is 2.02. The first-order chi connectivity index (χ1) is 8.65. The highest BCUT2D eigenvalue weighted by molar-refractivity contribution is 5.57. The average Bonchev–Trinajstić information content (AvgIpc) is 2.37. The average molecular weight is 248 g/mol. The molecule has 2 nitrogen and oxygen atoms in total. The predicted octanol–water partition coefficient (Wildman–Crippen LogP) is 2.96. The van der Waals surface area contributed by atoms with Gasteiger partial charge in [0.05, 0.1) is 12.2 Å². The van der Waals surface area contributed by atoms with Crippen LogP contribution in [0.2, 0.25) is 0 Å². The Balaban J connectivity index is 3.22. The van der Waals surface area contributed by atoms with Gasteiger partial charge in [-0.3, -0.25) is 0 Å². The Labute approximate surface area is 109 Å². The Morgan fingerprint density at radius 2 is 2.22 bits per heavy atom. The molecule has 1 rings (SSSR count). The molecular weight excluding hydrogens is 227 g/mol. The summed E-state index contributed by atoms with van der Waals surface area (Å²) in [6, 6.07) is 5.26. The third-order valence-corrected chi connectivity index (χ3v) is 3.01. The van der Waals surface area contributed by atoms with E-state index in [4.69, 9.17) is 6.42 Å². The van der Waals surface area contributed by atoms with Crippen LogP contribution >= 0.6 is 0 Å². The van der Waals surface area contributed by atoms with Crippen molar-refractivity contribution in [1.29, 1.82) is 0 Å². The van der Waals surface area contributed by atoms with E-state index in [1.165, 1.54) is 6.07 Å². The maximum absolute atomic E-state index is 14.1. The Morgan fingerprint density at radius 3 is 2.78 bits per heavy atom. The Kier molecular flexibility index (Phi) is 5.67. The molecule has 0 amide bonds. The standard InChI is InChI=1S/C15H21FN2/c1-5-10-18(11-6-2)15-13(12(3)17-4)8-7-9-14(15)16/h1,7-9,12,17H,6,10-11H2,2-4H3. The van der Waals surface area contributed by atoms with Gasteiger partial charge in [-0.1, -0.05) is 25.0 Å². The minimum Gasteiger partial charge on any atom is -0.358 e. The van der Waals surface area contributed by atoms with Gasteiger partial charge in [0.15, 0.2) is 0 Å². The molecular formula is C15H21FN2. The summed E-state index contributed by atoms with van der Waals surface area (Å²) in [4.78, 5) is 1.93. The number of anilines is 1. The lowest BCUT2D eigenvalue weighted by molar-refractivity contribution is 0.599. The second-order valence-corrected chi connectivity index (χ2v) is 4.31. The van der Waals surface area contributed by atoms with E-state index in [0.29, 0.717) is 12.2 Å². The van der Waals surface area contributed by atoms with E-state index in [1.54, 1.807) is 6.07 Å². The van der Waals surface area contributed by atoms with Gasteiger partial charge in [0.1, 0.15) is 5.82 Å². The minimum atomic E-state index is -0.210. The maximum atomic E-state index is 14.1. The lowest BCUT2D eigenvalue weighted by Crippen LogP contribution is -2.28. The van der Waals surface area contributed by atoms with Crippen LogP contribution in [0.15, 0.2) is 18.2 Å². The summed E-state index contributed by atoms with van der Waals surface area (Å²) in [5.41, 5.74) is 1.57. The van der Waals surface area contributed by atoms with Gasteiger partial charge in [-0.05, 0) is 32.0 Å². The van der Waals surface area contributed by atoms with Gasteiger partial charge >= 0.3 is 0 Å². The highest BCUT2D eigenvalue weighted by Crippen LogP contribution is 2.29. The zero-order valence-corrected chi connectivity index (χ0v) is 11.3. The van der Waals surface area contributed by atoms with Crippen LogP contribution < -0.4 is 10.2 Å². The van der Waals surface area contributed by atoms with Crippen molar-refractivity contribution in [3.05, 3.63) is 29.6 Å².